The van der Waals surface area contributed by atoms with Crippen molar-refractivity contribution in [3.8, 4) is 0 Å². The van der Waals surface area contributed by atoms with Crippen molar-refractivity contribution in [1.29, 1.82) is 0 Å². The topological polar surface area (TPSA) is 15.3 Å². The molecule has 0 spiro atoms. The van der Waals surface area contributed by atoms with E-state index in [4.69, 9.17) is 0 Å². The minimum Gasteiger partial charge on any atom is -0.252 e. The molecular formula is C5H11N2. The monoisotopic (exact) mass is 99.1 g/mol. The van der Waals surface area contributed by atoms with Crippen LogP contribution in [0.5, 0.6) is 0 Å². The second kappa shape index (κ2) is 1.80. The number of nitrogens with zero attached hydrogens (tertiary/aromatic N) is 1. The van der Waals surface area contributed by atoms with Crippen molar-refractivity contribution in [2.24, 2.45) is 0 Å². The molecule has 0 bridgehead atoms. The summed E-state index contributed by atoms with van der Waals surface area (Å²) in [6, 6.07) is 0.574. The fraction of sp³-hybridized carbons (Fsp3) is 0.800. The van der Waals surface area contributed by atoms with E-state index in [2.05, 4.69) is 23.8 Å². The molecule has 1 heterocycles. The predicted octanol–water partition coefficient (Wildman–Crippen LogP) is 0.0292. The zero-order valence-electron chi connectivity index (χ0n) is 4.81. The van der Waals surface area contributed by atoms with Gasteiger partial charge in [-0.1, -0.05) is 0 Å². The van der Waals surface area contributed by atoms with E-state index in [1.807, 2.05) is 7.05 Å². The van der Waals surface area contributed by atoms with E-state index in [-0.39, 0.29) is 0 Å². The molecule has 0 saturated carbocycles. The van der Waals surface area contributed by atoms with Gasteiger partial charge in [0.25, 0.3) is 0 Å². The Morgan fingerprint density at radius 1 is 1.86 bits per heavy atom. The lowest BCUT2D eigenvalue weighted by molar-refractivity contribution is 0.297. The van der Waals surface area contributed by atoms with Crippen LogP contribution < -0.4 is 5.43 Å². The molecule has 1 aliphatic heterocycles. The van der Waals surface area contributed by atoms with E-state index in [0.29, 0.717) is 6.04 Å². The zero-order valence-corrected chi connectivity index (χ0v) is 4.81. The average molecular weight is 99.2 g/mol. The summed E-state index contributed by atoms with van der Waals surface area (Å²) in [5.41, 5.74) is 3.19. The molecule has 1 unspecified atom stereocenters. The molecule has 1 fully saturated rings. The van der Waals surface area contributed by atoms with E-state index in [1.165, 1.54) is 0 Å². The lowest BCUT2D eigenvalue weighted by Crippen LogP contribution is -2.30. The number of hydrogen-bond donors (Lipinski definition) is 1. The van der Waals surface area contributed by atoms with Gasteiger partial charge in [-0.15, -0.1) is 0 Å². The van der Waals surface area contributed by atoms with Crippen LogP contribution in [0.1, 0.15) is 6.92 Å². The first-order valence-electron chi connectivity index (χ1n) is 2.59. The molecular weight excluding hydrogens is 88.1 g/mol. The quantitative estimate of drug-likeness (QED) is 0.461. The molecule has 1 aliphatic rings. The van der Waals surface area contributed by atoms with Crippen LogP contribution in [0.15, 0.2) is 0 Å². The second-order valence-corrected chi connectivity index (χ2v) is 2.03. The zero-order chi connectivity index (χ0) is 5.28. The second-order valence-electron chi connectivity index (χ2n) is 2.03. The highest BCUT2D eigenvalue weighted by molar-refractivity contribution is 4.85. The highest BCUT2D eigenvalue weighted by Gasteiger charge is 2.12. The van der Waals surface area contributed by atoms with Crippen molar-refractivity contribution in [3.05, 3.63) is 6.42 Å². The van der Waals surface area contributed by atoms with Crippen molar-refractivity contribution in [1.82, 2.24) is 10.4 Å². The Hall–Kier alpha value is -0.0800. The third kappa shape index (κ3) is 1.14. The Morgan fingerprint density at radius 3 is 2.71 bits per heavy atom. The average Bonchev–Trinajstić information content (AvgIpc) is 1.87. The van der Waals surface area contributed by atoms with E-state index < -0.39 is 0 Å². The first-order chi connectivity index (χ1) is 3.29. The molecule has 0 aromatic rings. The van der Waals surface area contributed by atoms with E-state index in [1.54, 1.807) is 0 Å². The summed E-state index contributed by atoms with van der Waals surface area (Å²) in [7, 11) is 2.04. The first kappa shape index (κ1) is 5.06. The maximum absolute atomic E-state index is 3.19. The minimum absolute atomic E-state index is 0.574. The normalized spacial score (nSPS) is 34.3. The van der Waals surface area contributed by atoms with E-state index >= 15 is 0 Å². The molecule has 1 atom stereocenters. The lowest BCUT2D eigenvalue weighted by Gasteiger charge is -2.06. The van der Waals surface area contributed by atoms with Crippen molar-refractivity contribution in [2.75, 3.05) is 13.6 Å². The van der Waals surface area contributed by atoms with Gasteiger partial charge < -0.3 is 0 Å². The fourth-order valence-corrected chi connectivity index (χ4v) is 0.769. The van der Waals surface area contributed by atoms with Crippen molar-refractivity contribution in [3.63, 3.8) is 0 Å². The molecule has 0 aliphatic carbocycles. The van der Waals surface area contributed by atoms with Crippen molar-refractivity contribution < 1.29 is 0 Å². The maximum Gasteiger partial charge on any atom is 0.0231 e. The molecule has 1 radical (unpaired) electrons. The summed E-state index contributed by atoms with van der Waals surface area (Å²) in [4.78, 5) is 0. The van der Waals surface area contributed by atoms with Gasteiger partial charge in [-0.25, -0.2) is 5.01 Å². The molecule has 0 amide bonds. The molecule has 0 aromatic carbocycles. The molecule has 0 aromatic heterocycles. The van der Waals surface area contributed by atoms with Gasteiger partial charge in [0.1, 0.15) is 0 Å². The van der Waals surface area contributed by atoms with Crippen LogP contribution in [0.25, 0.3) is 0 Å². The summed E-state index contributed by atoms with van der Waals surface area (Å²) in [6.07, 6.45) is 2.24. The molecule has 1 rings (SSSR count). The third-order valence-corrected chi connectivity index (χ3v) is 1.16. The molecule has 41 valence electrons. The number of hydrazine groups is 1. The highest BCUT2D eigenvalue weighted by atomic mass is 15.5. The Balaban J connectivity index is 2.26. The third-order valence-electron chi connectivity index (χ3n) is 1.16. The van der Waals surface area contributed by atoms with Gasteiger partial charge in [0.2, 0.25) is 0 Å². The van der Waals surface area contributed by atoms with Gasteiger partial charge >= 0.3 is 0 Å². The van der Waals surface area contributed by atoms with Gasteiger partial charge in [-0.2, -0.15) is 0 Å². The molecule has 7 heavy (non-hydrogen) atoms. The Morgan fingerprint density at radius 2 is 2.57 bits per heavy atom. The van der Waals surface area contributed by atoms with Crippen LogP contribution in [-0.4, -0.2) is 24.6 Å². The van der Waals surface area contributed by atoms with Crippen LogP contribution in [0.4, 0.5) is 0 Å². The predicted molar refractivity (Wildman–Crippen MR) is 29.5 cm³/mol. The summed E-state index contributed by atoms with van der Waals surface area (Å²) in [5, 5.41) is 2.07. The minimum atomic E-state index is 0.574. The molecule has 2 heteroatoms. The smallest absolute Gasteiger partial charge is 0.0231 e. The number of nitrogens with one attached hydrogen (secondary N) is 1. The van der Waals surface area contributed by atoms with Gasteiger partial charge in [-0.05, 0) is 13.3 Å². The van der Waals surface area contributed by atoms with Crippen molar-refractivity contribution in [2.45, 2.75) is 13.0 Å². The summed E-state index contributed by atoms with van der Waals surface area (Å²) < 4.78 is 0. The Labute approximate surface area is 44.5 Å². The van der Waals surface area contributed by atoms with Crippen LogP contribution in [0.2, 0.25) is 0 Å². The molecule has 2 nitrogen and oxygen atoms in total. The lowest BCUT2D eigenvalue weighted by atomic mass is 10.3. The van der Waals surface area contributed by atoms with Gasteiger partial charge in [0.15, 0.2) is 0 Å². The van der Waals surface area contributed by atoms with E-state index in [9.17, 15) is 0 Å². The maximum atomic E-state index is 3.19. The molecule has 1 N–H and O–H groups in total. The first-order valence-corrected chi connectivity index (χ1v) is 2.59. The van der Waals surface area contributed by atoms with Crippen LogP contribution >= 0.6 is 0 Å². The summed E-state index contributed by atoms with van der Waals surface area (Å²) in [5.74, 6) is 0. The SMILES string of the molecule is CC1[CH]CN(C)N1. The van der Waals surface area contributed by atoms with Gasteiger partial charge in [0.05, 0.1) is 0 Å². The van der Waals surface area contributed by atoms with Gasteiger partial charge in [0, 0.05) is 19.6 Å². The standard InChI is InChI=1S/C5H11N2/c1-5-3-4-7(2)6-5/h3,5-6H,4H2,1-2H3. The largest absolute Gasteiger partial charge is 0.252 e. The number of hydrogen-bond acceptors (Lipinski definition) is 2. The Bertz CT molecular complexity index is 55.1. The Kier molecular flexibility index (Phi) is 1.30. The number of rotatable bonds is 0. The van der Waals surface area contributed by atoms with Crippen LogP contribution in [0.3, 0.4) is 0 Å². The van der Waals surface area contributed by atoms with Gasteiger partial charge in [-0.3, -0.25) is 5.43 Å². The fourth-order valence-electron chi connectivity index (χ4n) is 0.769. The van der Waals surface area contributed by atoms with Crippen molar-refractivity contribution >= 4 is 0 Å². The summed E-state index contributed by atoms with van der Waals surface area (Å²) in [6.45, 7) is 3.21. The van der Waals surface area contributed by atoms with Crippen LogP contribution in [0, 0.1) is 6.42 Å². The highest BCUT2D eigenvalue weighted by Crippen LogP contribution is 1.98. The van der Waals surface area contributed by atoms with Crippen LogP contribution in [-0.2, 0) is 0 Å². The van der Waals surface area contributed by atoms with E-state index in [0.717, 1.165) is 6.54 Å². The summed E-state index contributed by atoms with van der Waals surface area (Å²) >= 11 is 0. The molecule has 1 saturated heterocycles.